The summed E-state index contributed by atoms with van der Waals surface area (Å²) < 4.78 is 33.1. The van der Waals surface area contributed by atoms with Crippen LogP contribution in [0.2, 0.25) is 0 Å². The smallest absolute Gasteiger partial charge is 0.247 e. The normalized spacial score (nSPS) is 22.3. The van der Waals surface area contributed by atoms with Crippen molar-refractivity contribution in [1.29, 1.82) is 0 Å². The number of sulfonamides is 1. The van der Waals surface area contributed by atoms with E-state index in [-0.39, 0.29) is 16.8 Å². The lowest BCUT2D eigenvalue weighted by atomic mass is 9.95. The lowest BCUT2D eigenvalue weighted by Gasteiger charge is -2.28. The minimum atomic E-state index is -3.79. The number of benzene rings is 1. The first-order chi connectivity index (χ1) is 12.4. The van der Waals surface area contributed by atoms with E-state index in [1.165, 1.54) is 17.8 Å². The average Bonchev–Trinajstić information content (AvgIpc) is 3.13. The molecule has 1 saturated heterocycles. The van der Waals surface area contributed by atoms with Gasteiger partial charge in [-0.25, -0.2) is 8.42 Å². The number of amides is 1. The summed E-state index contributed by atoms with van der Waals surface area (Å²) >= 11 is 0. The van der Waals surface area contributed by atoms with Crippen molar-refractivity contribution in [2.75, 3.05) is 13.7 Å². The first-order valence-electron chi connectivity index (χ1n) is 9.40. The molecule has 0 bridgehead atoms. The topological polar surface area (TPSA) is 75.7 Å². The highest BCUT2D eigenvalue weighted by molar-refractivity contribution is 7.89. The lowest BCUT2D eigenvalue weighted by Crippen LogP contribution is -2.49. The molecule has 3 rings (SSSR count). The zero-order chi connectivity index (χ0) is 18.7. The molecule has 2 aliphatic rings. The number of ether oxygens (including phenoxy) is 1. The quantitative estimate of drug-likeness (QED) is 0.852. The summed E-state index contributed by atoms with van der Waals surface area (Å²) in [6.45, 7) is 2.21. The average molecular weight is 381 g/mol. The van der Waals surface area contributed by atoms with Gasteiger partial charge in [0.1, 0.15) is 16.7 Å². The Morgan fingerprint density at radius 3 is 2.58 bits per heavy atom. The van der Waals surface area contributed by atoms with E-state index in [4.69, 9.17) is 4.74 Å². The van der Waals surface area contributed by atoms with Crippen LogP contribution in [0.4, 0.5) is 0 Å². The molecule has 6 nitrogen and oxygen atoms in total. The number of nitrogens with zero attached hydrogens (tertiary/aromatic N) is 1. The second-order valence-corrected chi connectivity index (χ2v) is 9.13. The second kappa shape index (κ2) is 7.96. The second-order valence-electron chi connectivity index (χ2n) is 7.27. The van der Waals surface area contributed by atoms with E-state index in [9.17, 15) is 13.2 Å². The maximum atomic E-state index is 13.2. The summed E-state index contributed by atoms with van der Waals surface area (Å²) in [5.74, 6) is 0.151. The monoisotopic (exact) mass is 380 g/mol. The molecule has 0 radical (unpaired) electrons. The number of nitrogens with one attached hydrogen (secondary N) is 1. The summed E-state index contributed by atoms with van der Waals surface area (Å²) in [6, 6.07) is 4.63. The van der Waals surface area contributed by atoms with Crippen LogP contribution < -0.4 is 10.1 Å². The number of aryl methyl sites for hydroxylation is 1. The fourth-order valence-corrected chi connectivity index (χ4v) is 5.84. The highest BCUT2D eigenvalue weighted by Gasteiger charge is 2.41. The van der Waals surface area contributed by atoms with Crippen molar-refractivity contribution in [3.63, 3.8) is 0 Å². The molecule has 0 spiro atoms. The van der Waals surface area contributed by atoms with E-state index in [2.05, 4.69) is 5.32 Å². The minimum Gasteiger partial charge on any atom is -0.495 e. The molecule has 1 aliphatic carbocycles. The number of rotatable bonds is 5. The van der Waals surface area contributed by atoms with Gasteiger partial charge in [-0.2, -0.15) is 4.31 Å². The lowest BCUT2D eigenvalue weighted by molar-refractivity contribution is -0.125. The van der Waals surface area contributed by atoms with Gasteiger partial charge in [0.25, 0.3) is 0 Å². The fraction of sp³-hybridized carbons (Fsp3) is 0.632. The van der Waals surface area contributed by atoms with E-state index in [1.807, 2.05) is 13.0 Å². The molecule has 1 aliphatic heterocycles. The first kappa shape index (κ1) is 19.2. The molecule has 1 aromatic rings. The van der Waals surface area contributed by atoms with Crippen molar-refractivity contribution < 1.29 is 17.9 Å². The van der Waals surface area contributed by atoms with Crippen molar-refractivity contribution in [3.8, 4) is 5.75 Å². The summed E-state index contributed by atoms with van der Waals surface area (Å²) in [7, 11) is -2.33. The Bertz CT molecular complexity index is 757. The summed E-state index contributed by atoms with van der Waals surface area (Å²) in [5.41, 5.74) is 0.840. The molecule has 1 heterocycles. The van der Waals surface area contributed by atoms with Gasteiger partial charge in [-0.15, -0.1) is 0 Å². The number of hydrogen-bond acceptors (Lipinski definition) is 4. The van der Waals surface area contributed by atoms with Crippen LogP contribution in [0.1, 0.15) is 50.5 Å². The zero-order valence-electron chi connectivity index (χ0n) is 15.5. The maximum Gasteiger partial charge on any atom is 0.247 e. The van der Waals surface area contributed by atoms with Crippen LogP contribution in [0.25, 0.3) is 0 Å². The van der Waals surface area contributed by atoms with Crippen LogP contribution in [-0.2, 0) is 14.8 Å². The predicted molar refractivity (Wildman–Crippen MR) is 99.7 cm³/mol. The van der Waals surface area contributed by atoms with Crippen molar-refractivity contribution in [3.05, 3.63) is 23.8 Å². The number of hydrogen-bond donors (Lipinski definition) is 1. The van der Waals surface area contributed by atoms with Gasteiger partial charge >= 0.3 is 0 Å². The number of carbonyl (C=O) groups excluding carboxylic acids is 1. The van der Waals surface area contributed by atoms with Crippen molar-refractivity contribution in [2.24, 2.45) is 0 Å². The highest BCUT2D eigenvalue weighted by Crippen LogP contribution is 2.32. The van der Waals surface area contributed by atoms with Crippen LogP contribution in [0, 0.1) is 6.92 Å². The molecule has 1 aromatic carbocycles. The molecule has 144 valence electrons. The third-order valence-electron chi connectivity index (χ3n) is 5.36. The molecular formula is C19H28N2O4S. The third kappa shape index (κ3) is 3.88. The summed E-state index contributed by atoms with van der Waals surface area (Å²) in [5, 5.41) is 3.08. The molecule has 1 saturated carbocycles. The van der Waals surface area contributed by atoms with E-state index in [0.29, 0.717) is 25.1 Å². The molecule has 1 N–H and O–H groups in total. The molecule has 1 atom stereocenters. The molecule has 0 aromatic heterocycles. The fourth-order valence-electron chi connectivity index (χ4n) is 3.95. The largest absolute Gasteiger partial charge is 0.495 e. The molecule has 2 fully saturated rings. The third-order valence-corrected chi connectivity index (χ3v) is 7.29. The Morgan fingerprint density at radius 2 is 1.88 bits per heavy atom. The van der Waals surface area contributed by atoms with Crippen LogP contribution in [0.3, 0.4) is 0 Å². The number of methoxy groups -OCH3 is 1. The van der Waals surface area contributed by atoms with Gasteiger partial charge < -0.3 is 10.1 Å². The van der Waals surface area contributed by atoms with Crippen LogP contribution in [0.15, 0.2) is 23.1 Å². The van der Waals surface area contributed by atoms with Crippen LogP contribution >= 0.6 is 0 Å². The van der Waals surface area contributed by atoms with Crippen molar-refractivity contribution >= 4 is 15.9 Å². The van der Waals surface area contributed by atoms with Gasteiger partial charge in [0, 0.05) is 12.6 Å². The Hall–Kier alpha value is -1.60. The highest BCUT2D eigenvalue weighted by atomic mass is 32.2. The molecular weight excluding hydrogens is 352 g/mol. The standard InChI is InChI=1S/C19H28N2O4S/c1-14-10-11-17(25-2)18(13-14)26(23,24)21-12-6-9-16(21)19(22)20-15-7-4-3-5-8-15/h10-11,13,15-16H,3-9,12H2,1-2H3,(H,20,22)/t16-/m1/s1. The zero-order valence-corrected chi connectivity index (χ0v) is 16.3. The molecule has 0 unspecified atom stereocenters. The van der Waals surface area contributed by atoms with Gasteiger partial charge in [0.15, 0.2) is 0 Å². The van der Waals surface area contributed by atoms with E-state index in [1.54, 1.807) is 12.1 Å². The summed E-state index contributed by atoms with van der Waals surface area (Å²) in [6.07, 6.45) is 6.68. The maximum absolute atomic E-state index is 13.2. The van der Waals surface area contributed by atoms with Gasteiger partial charge in [0.2, 0.25) is 15.9 Å². The van der Waals surface area contributed by atoms with Gasteiger partial charge in [0.05, 0.1) is 7.11 Å². The Balaban J connectivity index is 1.82. The molecule has 1 amide bonds. The Morgan fingerprint density at radius 1 is 1.15 bits per heavy atom. The van der Waals surface area contributed by atoms with Crippen molar-refractivity contribution in [1.82, 2.24) is 9.62 Å². The van der Waals surface area contributed by atoms with E-state index >= 15 is 0 Å². The van der Waals surface area contributed by atoms with Gasteiger partial charge in [-0.1, -0.05) is 25.3 Å². The first-order valence-corrected chi connectivity index (χ1v) is 10.8. The predicted octanol–water partition coefficient (Wildman–Crippen LogP) is 2.61. The number of carbonyl (C=O) groups is 1. The Labute approximate surface area is 156 Å². The Kier molecular flexibility index (Phi) is 5.87. The molecule has 26 heavy (non-hydrogen) atoms. The minimum absolute atomic E-state index is 0.136. The van der Waals surface area contributed by atoms with Crippen molar-refractivity contribution in [2.45, 2.75) is 68.8 Å². The van der Waals surface area contributed by atoms with E-state index in [0.717, 1.165) is 31.2 Å². The van der Waals surface area contributed by atoms with Crippen LogP contribution in [-0.4, -0.2) is 44.4 Å². The van der Waals surface area contributed by atoms with Gasteiger partial charge in [-0.05, 0) is 50.3 Å². The molecule has 7 heteroatoms. The van der Waals surface area contributed by atoms with Crippen LogP contribution in [0.5, 0.6) is 5.75 Å². The SMILES string of the molecule is COc1ccc(C)cc1S(=O)(=O)N1CCC[C@@H]1C(=O)NC1CCCCC1. The van der Waals surface area contributed by atoms with E-state index < -0.39 is 16.1 Å². The summed E-state index contributed by atoms with van der Waals surface area (Å²) in [4.78, 5) is 12.9. The van der Waals surface area contributed by atoms with Gasteiger partial charge in [-0.3, -0.25) is 4.79 Å².